The monoisotopic (exact) mass is 225 g/mol. The molecule has 0 saturated carbocycles. The van der Waals surface area contributed by atoms with Crippen molar-refractivity contribution < 1.29 is 4.79 Å². The van der Waals surface area contributed by atoms with E-state index in [0.717, 1.165) is 24.1 Å². The number of carbonyl (C=O) groups excluding carboxylic acids is 1. The van der Waals surface area contributed by atoms with Gasteiger partial charge in [-0.2, -0.15) is 0 Å². The third-order valence-electron chi connectivity index (χ3n) is 2.21. The van der Waals surface area contributed by atoms with Crippen molar-refractivity contribution in [3.05, 3.63) is 29.8 Å². The average molecular weight is 226 g/mol. The fourth-order valence-corrected chi connectivity index (χ4v) is 1.52. The highest BCUT2D eigenvalue weighted by atomic mass is 35.5. The van der Waals surface area contributed by atoms with E-state index in [9.17, 15) is 4.79 Å². The van der Waals surface area contributed by atoms with Gasteiger partial charge >= 0.3 is 0 Å². The van der Waals surface area contributed by atoms with Crippen molar-refractivity contribution >= 4 is 23.2 Å². The maximum absolute atomic E-state index is 11.5. The summed E-state index contributed by atoms with van der Waals surface area (Å²) in [5, 5.41) is 2.90. The molecule has 0 atom stereocenters. The van der Waals surface area contributed by atoms with Gasteiger partial charge in [-0.25, -0.2) is 0 Å². The molecule has 3 heteroatoms. The SMILES string of the molecule is CCc1ccccc1NC(=O)CCCCl. The molecule has 0 bridgehead atoms. The molecular formula is C12H16ClNO. The normalized spacial score (nSPS) is 10.0. The maximum Gasteiger partial charge on any atom is 0.224 e. The smallest absolute Gasteiger partial charge is 0.224 e. The molecule has 0 radical (unpaired) electrons. The summed E-state index contributed by atoms with van der Waals surface area (Å²) in [7, 11) is 0. The molecule has 0 aromatic heterocycles. The van der Waals surface area contributed by atoms with Gasteiger partial charge in [0.2, 0.25) is 5.91 Å². The molecule has 15 heavy (non-hydrogen) atoms. The van der Waals surface area contributed by atoms with Crippen LogP contribution in [0, 0.1) is 0 Å². The average Bonchev–Trinajstić information content (AvgIpc) is 2.27. The lowest BCUT2D eigenvalue weighted by molar-refractivity contribution is -0.116. The molecule has 0 unspecified atom stereocenters. The zero-order valence-corrected chi connectivity index (χ0v) is 9.68. The molecule has 1 aromatic rings. The molecule has 0 aliphatic carbocycles. The molecule has 1 amide bonds. The molecule has 1 rings (SSSR count). The summed E-state index contributed by atoms with van der Waals surface area (Å²) in [5.74, 6) is 0.569. The van der Waals surface area contributed by atoms with Crippen molar-refractivity contribution in [1.29, 1.82) is 0 Å². The van der Waals surface area contributed by atoms with Crippen LogP contribution >= 0.6 is 11.6 Å². The number of benzene rings is 1. The van der Waals surface area contributed by atoms with E-state index in [1.165, 1.54) is 0 Å². The number of rotatable bonds is 5. The minimum Gasteiger partial charge on any atom is -0.326 e. The van der Waals surface area contributed by atoms with E-state index in [2.05, 4.69) is 12.2 Å². The fourth-order valence-electron chi connectivity index (χ4n) is 1.39. The Bertz CT molecular complexity index is 325. The lowest BCUT2D eigenvalue weighted by atomic mass is 10.1. The summed E-state index contributed by atoms with van der Waals surface area (Å²) in [4.78, 5) is 11.5. The van der Waals surface area contributed by atoms with Gasteiger partial charge in [0.05, 0.1) is 0 Å². The van der Waals surface area contributed by atoms with Gasteiger partial charge in [-0.15, -0.1) is 11.6 Å². The van der Waals surface area contributed by atoms with Gasteiger partial charge in [0.25, 0.3) is 0 Å². The topological polar surface area (TPSA) is 29.1 Å². The molecule has 0 spiro atoms. The number of amides is 1. The Labute approximate surface area is 95.6 Å². The number of para-hydroxylation sites is 1. The molecule has 0 aliphatic rings. The molecule has 1 N–H and O–H groups in total. The first-order valence-corrected chi connectivity index (χ1v) is 5.75. The highest BCUT2D eigenvalue weighted by molar-refractivity contribution is 6.18. The fraction of sp³-hybridized carbons (Fsp3) is 0.417. The molecule has 82 valence electrons. The van der Waals surface area contributed by atoms with Crippen molar-refractivity contribution in [2.24, 2.45) is 0 Å². The van der Waals surface area contributed by atoms with Crippen molar-refractivity contribution in [2.75, 3.05) is 11.2 Å². The van der Waals surface area contributed by atoms with E-state index in [1.54, 1.807) is 0 Å². The molecule has 1 aromatic carbocycles. The van der Waals surface area contributed by atoms with E-state index in [-0.39, 0.29) is 5.91 Å². The number of hydrogen-bond acceptors (Lipinski definition) is 1. The highest BCUT2D eigenvalue weighted by Gasteiger charge is 2.04. The second-order valence-electron chi connectivity index (χ2n) is 3.35. The van der Waals surface area contributed by atoms with Crippen LogP contribution < -0.4 is 5.32 Å². The highest BCUT2D eigenvalue weighted by Crippen LogP contribution is 2.15. The second-order valence-corrected chi connectivity index (χ2v) is 3.73. The van der Waals surface area contributed by atoms with Crippen molar-refractivity contribution in [3.8, 4) is 0 Å². The number of aryl methyl sites for hydroxylation is 1. The predicted molar refractivity (Wildman–Crippen MR) is 64.4 cm³/mol. The van der Waals surface area contributed by atoms with Crippen LogP contribution in [-0.2, 0) is 11.2 Å². The Balaban J connectivity index is 2.59. The third kappa shape index (κ3) is 3.92. The van der Waals surface area contributed by atoms with Crippen LogP contribution in [-0.4, -0.2) is 11.8 Å². The largest absolute Gasteiger partial charge is 0.326 e. The van der Waals surface area contributed by atoms with E-state index < -0.39 is 0 Å². The molecule has 2 nitrogen and oxygen atoms in total. The quantitative estimate of drug-likeness (QED) is 0.767. The summed E-state index contributed by atoms with van der Waals surface area (Å²) in [5.41, 5.74) is 2.08. The summed E-state index contributed by atoms with van der Waals surface area (Å²) in [6, 6.07) is 7.86. The van der Waals surface area contributed by atoms with Crippen molar-refractivity contribution in [2.45, 2.75) is 26.2 Å². The predicted octanol–water partition coefficient (Wildman–Crippen LogP) is 3.21. The van der Waals surface area contributed by atoms with Gasteiger partial charge in [-0.1, -0.05) is 25.1 Å². The molecule has 0 fully saturated rings. The van der Waals surface area contributed by atoms with Gasteiger partial charge in [0, 0.05) is 18.0 Å². The van der Waals surface area contributed by atoms with Crippen LogP contribution in [0.25, 0.3) is 0 Å². The lowest BCUT2D eigenvalue weighted by Gasteiger charge is -2.08. The van der Waals surface area contributed by atoms with E-state index in [0.29, 0.717) is 12.3 Å². The number of halogens is 1. The van der Waals surface area contributed by atoms with E-state index in [4.69, 9.17) is 11.6 Å². The molecule has 0 heterocycles. The number of alkyl halides is 1. The Morgan fingerprint density at radius 2 is 2.13 bits per heavy atom. The first-order valence-electron chi connectivity index (χ1n) is 5.21. The first-order chi connectivity index (χ1) is 7.27. The van der Waals surface area contributed by atoms with Crippen LogP contribution in [0.4, 0.5) is 5.69 Å². The second kappa shape index (κ2) is 6.46. The van der Waals surface area contributed by atoms with Gasteiger partial charge in [0.15, 0.2) is 0 Å². The molecule has 0 saturated heterocycles. The van der Waals surface area contributed by atoms with Crippen molar-refractivity contribution in [1.82, 2.24) is 0 Å². The van der Waals surface area contributed by atoms with Crippen LogP contribution in [0.3, 0.4) is 0 Å². The summed E-state index contributed by atoms with van der Waals surface area (Å²) in [6.45, 7) is 2.07. The number of hydrogen-bond donors (Lipinski definition) is 1. The first kappa shape index (κ1) is 12.1. The standard InChI is InChI=1S/C12H16ClNO/c1-2-10-6-3-4-7-11(10)14-12(15)8-5-9-13/h3-4,6-7H,2,5,8-9H2,1H3,(H,14,15). The maximum atomic E-state index is 11.5. The van der Waals surface area contributed by atoms with Crippen LogP contribution in [0.1, 0.15) is 25.3 Å². The summed E-state index contributed by atoms with van der Waals surface area (Å²) < 4.78 is 0. The molecule has 0 aliphatic heterocycles. The van der Waals surface area contributed by atoms with Gasteiger partial charge in [0.1, 0.15) is 0 Å². The van der Waals surface area contributed by atoms with Crippen LogP contribution in [0.5, 0.6) is 0 Å². The Hall–Kier alpha value is -1.02. The van der Waals surface area contributed by atoms with Crippen molar-refractivity contribution in [3.63, 3.8) is 0 Å². The van der Waals surface area contributed by atoms with E-state index in [1.807, 2.05) is 24.3 Å². The lowest BCUT2D eigenvalue weighted by Crippen LogP contribution is -2.12. The minimum atomic E-state index is 0.0385. The third-order valence-corrected chi connectivity index (χ3v) is 2.48. The zero-order valence-electron chi connectivity index (χ0n) is 8.92. The van der Waals surface area contributed by atoms with Gasteiger partial charge in [-0.3, -0.25) is 4.79 Å². The Morgan fingerprint density at radius 1 is 1.40 bits per heavy atom. The number of nitrogens with one attached hydrogen (secondary N) is 1. The zero-order chi connectivity index (χ0) is 11.1. The van der Waals surface area contributed by atoms with Gasteiger partial charge in [-0.05, 0) is 24.5 Å². The van der Waals surface area contributed by atoms with Crippen LogP contribution in [0.2, 0.25) is 0 Å². The number of anilines is 1. The van der Waals surface area contributed by atoms with Gasteiger partial charge < -0.3 is 5.32 Å². The molecular weight excluding hydrogens is 210 g/mol. The minimum absolute atomic E-state index is 0.0385. The van der Waals surface area contributed by atoms with Crippen LogP contribution in [0.15, 0.2) is 24.3 Å². The Kier molecular flexibility index (Phi) is 5.19. The summed E-state index contributed by atoms with van der Waals surface area (Å²) in [6.07, 6.45) is 2.13. The van der Waals surface area contributed by atoms with E-state index >= 15 is 0 Å². The summed E-state index contributed by atoms with van der Waals surface area (Å²) >= 11 is 5.53. The number of carbonyl (C=O) groups is 1. The Morgan fingerprint density at radius 3 is 2.80 bits per heavy atom.